The average molecular weight is 196 g/mol. The van der Waals surface area contributed by atoms with Gasteiger partial charge in [0.05, 0.1) is 6.10 Å². The number of ketones is 1. The minimum Gasteiger partial charge on any atom is -0.378 e. The van der Waals surface area contributed by atoms with Gasteiger partial charge in [-0.1, -0.05) is 6.92 Å². The fourth-order valence-electron chi connectivity index (χ4n) is 2.13. The Morgan fingerprint density at radius 3 is 2.86 bits per heavy atom. The van der Waals surface area contributed by atoms with E-state index in [0.717, 1.165) is 38.7 Å². The number of rotatable bonds is 5. The molecule has 2 aliphatic rings. The van der Waals surface area contributed by atoms with Gasteiger partial charge in [0.15, 0.2) is 0 Å². The van der Waals surface area contributed by atoms with Crippen LogP contribution in [0.1, 0.15) is 51.9 Å². The van der Waals surface area contributed by atoms with Crippen molar-refractivity contribution in [3.05, 3.63) is 0 Å². The van der Waals surface area contributed by atoms with Crippen LogP contribution >= 0.6 is 0 Å². The smallest absolute Gasteiger partial charge is 0.138 e. The van der Waals surface area contributed by atoms with Crippen molar-refractivity contribution in [3.8, 4) is 0 Å². The molecule has 1 aliphatic heterocycles. The van der Waals surface area contributed by atoms with Crippen molar-refractivity contribution in [2.24, 2.45) is 5.41 Å². The zero-order chi connectivity index (χ0) is 10.0. The molecule has 2 rings (SSSR count). The van der Waals surface area contributed by atoms with Crippen molar-refractivity contribution in [2.75, 3.05) is 6.61 Å². The molecule has 0 spiro atoms. The van der Waals surface area contributed by atoms with Gasteiger partial charge >= 0.3 is 0 Å². The second kappa shape index (κ2) is 4.01. The van der Waals surface area contributed by atoms with E-state index in [1.165, 1.54) is 12.8 Å². The monoisotopic (exact) mass is 196 g/mol. The third-order valence-electron chi connectivity index (χ3n) is 3.63. The predicted octanol–water partition coefficient (Wildman–Crippen LogP) is 2.70. The van der Waals surface area contributed by atoms with Gasteiger partial charge in [0, 0.05) is 18.4 Å². The normalized spacial score (nSPS) is 29.1. The zero-order valence-corrected chi connectivity index (χ0v) is 9.05. The van der Waals surface area contributed by atoms with E-state index < -0.39 is 0 Å². The van der Waals surface area contributed by atoms with Crippen LogP contribution in [0, 0.1) is 5.41 Å². The highest BCUT2D eigenvalue weighted by Gasteiger charge is 2.43. The molecule has 1 aliphatic carbocycles. The fraction of sp³-hybridized carbons (Fsp3) is 0.917. The summed E-state index contributed by atoms with van der Waals surface area (Å²) in [7, 11) is 0. The first kappa shape index (κ1) is 10.2. The second-order valence-electron chi connectivity index (χ2n) is 5.01. The topological polar surface area (TPSA) is 26.3 Å². The van der Waals surface area contributed by atoms with Gasteiger partial charge in [-0.2, -0.15) is 0 Å². The lowest BCUT2D eigenvalue weighted by atomic mass is 9.98. The molecule has 0 aromatic heterocycles. The maximum absolute atomic E-state index is 11.7. The van der Waals surface area contributed by atoms with Crippen molar-refractivity contribution in [3.63, 3.8) is 0 Å². The molecule has 0 aromatic carbocycles. The first-order valence-corrected chi connectivity index (χ1v) is 5.86. The summed E-state index contributed by atoms with van der Waals surface area (Å²) in [5, 5.41) is 0. The molecule has 1 heterocycles. The van der Waals surface area contributed by atoms with Crippen LogP contribution in [0.5, 0.6) is 0 Å². The van der Waals surface area contributed by atoms with E-state index >= 15 is 0 Å². The average Bonchev–Trinajstić information content (AvgIpc) is 2.73. The Bertz CT molecular complexity index is 212. The van der Waals surface area contributed by atoms with Crippen LogP contribution in [-0.2, 0) is 9.53 Å². The van der Waals surface area contributed by atoms with Gasteiger partial charge in [-0.3, -0.25) is 4.79 Å². The predicted molar refractivity (Wildman–Crippen MR) is 55.2 cm³/mol. The van der Waals surface area contributed by atoms with Crippen molar-refractivity contribution in [1.29, 1.82) is 0 Å². The lowest BCUT2D eigenvalue weighted by Gasteiger charge is -2.10. The van der Waals surface area contributed by atoms with Crippen LogP contribution in [0.2, 0.25) is 0 Å². The number of ether oxygens (including phenoxy) is 1. The van der Waals surface area contributed by atoms with Crippen LogP contribution < -0.4 is 0 Å². The van der Waals surface area contributed by atoms with Gasteiger partial charge in [0.2, 0.25) is 0 Å². The molecule has 1 saturated carbocycles. The molecular weight excluding hydrogens is 176 g/mol. The lowest BCUT2D eigenvalue weighted by molar-refractivity contribution is -0.123. The molecule has 2 heteroatoms. The highest BCUT2D eigenvalue weighted by atomic mass is 16.5. The summed E-state index contributed by atoms with van der Waals surface area (Å²) in [4.78, 5) is 11.7. The summed E-state index contributed by atoms with van der Waals surface area (Å²) in [6.45, 7) is 3.03. The molecule has 0 radical (unpaired) electrons. The summed E-state index contributed by atoms with van der Waals surface area (Å²) in [6, 6.07) is 0. The van der Waals surface area contributed by atoms with Gasteiger partial charge < -0.3 is 4.74 Å². The van der Waals surface area contributed by atoms with Gasteiger partial charge in [0.25, 0.3) is 0 Å². The number of Topliss-reactive ketones (excluding diaryl/α,β-unsaturated/α-hetero) is 1. The minimum absolute atomic E-state index is 0.0799. The summed E-state index contributed by atoms with van der Waals surface area (Å²) < 4.78 is 5.52. The van der Waals surface area contributed by atoms with E-state index in [1.807, 2.05) is 0 Å². The van der Waals surface area contributed by atoms with Gasteiger partial charge in [0.1, 0.15) is 5.78 Å². The molecular formula is C12H20O2. The Morgan fingerprint density at radius 2 is 2.29 bits per heavy atom. The van der Waals surface area contributed by atoms with Crippen LogP contribution in [0.25, 0.3) is 0 Å². The molecule has 0 amide bonds. The second-order valence-corrected chi connectivity index (χ2v) is 5.01. The third kappa shape index (κ3) is 2.35. The molecule has 0 bridgehead atoms. The van der Waals surface area contributed by atoms with E-state index in [2.05, 4.69) is 6.92 Å². The van der Waals surface area contributed by atoms with Crippen molar-refractivity contribution in [1.82, 2.24) is 0 Å². The van der Waals surface area contributed by atoms with Crippen LogP contribution in [-0.4, -0.2) is 18.5 Å². The van der Waals surface area contributed by atoms with Gasteiger partial charge in [-0.05, 0) is 38.5 Å². The minimum atomic E-state index is 0.0799. The van der Waals surface area contributed by atoms with Crippen LogP contribution in [0.3, 0.4) is 0 Å². The first-order valence-electron chi connectivity index (χ1n) is 5.86. The summed E-state index contributed by atoms with van der Waals surface area (Å²) in [5.41, 5.74) is 0.0799. The van der Waals surface area contributed by atoms with Gasteiger partial charge in [-0.15, -0.1) is 0 Å². The van der Waals surface area contributed by atoms with Crippen molar-refractivity contribution < 1.29 is 9.53 Å². The van der Waals surface area contributed by atoms with Crippen molar-refractivity contribution >= 4 is 5.78 Å². The molecule has 1 unspecified atom stereocenters. The Morgan fingerprint density at radius 1 is 1.50 bits per heavy atom. The number of carbonyl (C=O) groups is 1. The molecule has 1 atom stereocenters. The SMILES string of the molecule is CC1(C(=O)CCCC2CCCO2)CC1. The standard InChI is InChI=1S/C12H20O2/c1-12(7-8-12)11(13)6-2-4-10-5-3-9-14-10/h10H,2-9H2,1H3. The van der Waals surface area contributed by atoms with E-state index in [0.29, 0.717) is 11.9 Å². The molecule has 2 fully saturated rings. The van der Waals surface area contributed by atoms with E-state index in [1.54, 1.807) is 0 Å². The number of hydrogen-bond donors (Lipinski definition) is 0. The van der Waals surface area contributed by atoms with Gasteiger partial charge in [-0.25, -0.2) is 0 Å². The number of carbonyl (C=O) groups excluding carboxylic acids is 1. The third-order valence-corrected chi connectivity index (χ3v) is 3.63. The Kier molecular flexibility index (Phi) is 2.91. The van der Waals surface area contributed by atoms with Crippen LogP contribution in [0.4, 0.5) is 0 Å². The van der Waals surface area contributed by atoms with E-state index in [4.69, 9.17) is 4.74 Å². The summed E-state index contributed by atoms with van der Waals surface area (Å²) in [5.74, 6) is 0.482. The summed E-state index contributed by atoms with van der Waals surface area (Å²) in [6.07, 6.45) is 7.98. The molecule has 1 saturated heterocycles. The van der Waals surface area contributed by atoms with Crippen LogP contribution in [0.15, 0.2) is 0 Å². The van der Waals surface area contributed by atoms with Crippen molar-refractivity contribution in [2.45, 2.75) is 58.0 Å². The lowest BCUT2D eigenvalue weighted by Crippen LogP contribution is -2.12. The Balaban J connectivity index is 1.60. The highest BCUT2D eigenvalue weighted by Crippen LogP contribution is 2.46. The quantitative estimate of drug-likeness (QED) is 0.675. The molecule has 0 N–H and O–H groups in total. The maximum atomic E-state index is 11.7. The largest absolute Gasteiger partial charge is 0.378 e. The first-order chi connectivity index (χ1) is 6.71. The fourth-order valence-corrected chi connectivity index (χ4v) is 2.13. The zero-order valence-electron chi connectivity index (χ0n) is 9.05. The Labute approximate surface area is 86.0 Å². The number of hydrogen-bond acceptors (Lipinski definition) is 2. The molecule has 0 aromatic rings. The molecule has 80 valence electrons. The Hall–Kier alpha value is -0.370. The summed E-state index contributed by atoms with van der Waals surface area (Å²) >= 11 is 0. The van der Waals surface area contributed by atoms with E-state index in [9.17, 15) is 4.79 Å². The van der Waals surface area contributed by atoms with E-state index in [-0.39, 0.29) is 5.41 Å². The molecule has 2 nitrogen and oxygen atoms in total. The maximum Gasteiger partial charge on any atom is 0.138 e. The molecule has 14 heavy (non-hydrogen) atoms. The highest BCUT2D eigenvalue weighted by molar-refractivity contribution is 5.86.